The predicted molar refractivity (Wildman–Crippen MR) is 104 cm³/mol. The number of alkyl halides is 3. The first-order valence-corrected chi connectivity index (χ1v) is 8.70. The van der Waals surface area contributed by atoms with Crippen LogP contribution in [0, 0.1) is 0 Å². The summed E-state index contributed by atoms with van der Waals surface area (Å²) in [6, 6.07) is 11.9. The normalized spacial score (nSPS) is 11.3. The van der Waals surface area contributed by atoms with Crippen LogP contribution in [0.1, 0.15) is 5.56 Å². The molecular weight excluding hydrogens is 399 g/mol. The van der Waals surface area contributed by atoms with E-state index >= 15 is 0 Å². The van der Waals surface area contributed by atoms with Gasteiger partial charge in [-0.2, -0.15) is 13.2 Å². The Morgan fingerprint density at radius 1 is 0.900 bits per heavy atom. The van der Waals surface area contributed by atoms with Crippen LogP contribution in [-0.4, -0.2) is 21.0 Å². The van der Waals surface area contributed by atoms with Gasteiger partial charge in [-0.25, -0.2) is 14.8 Å². The van der Waals surface area contributed by atoms with Gasteiger partial charge in [0.25, 0.3) is 0 Å². The van der Waals surface area contributed by atoms with Gasteiger partial charge in [0.05, 0.1) is 10.9 Å². The Hall–Kier alpha value is -4.08. The van der Waals surface area contributed by atoms with Crippen molar-refractivity contribution in [1.82, 2.24) is 15.0 Å². The smallest absolute Gasteiger partial charge is 0.416 e. The third kappa shape index (κ3) is 4.32. The number of carbonyl (C=O) groups is 1. The SMILES string of the molecule is O=C(Nc1ccc(Oc2ncnc3[nH]ccc23)cc1)Nc1ccc(C(F)(F)F)cc1. The quantitative estimate of drug-likeness (QED) is 0.417. The summed E-state index contributed by atoms with van der Waals surface area (Å²) >= 11 is 0. The van der Waals surface area contributed by atoms with Crippen molar-refractivity contribution in [2.75, 3.05) is 10.6 Å². The van der Waals surface area contributed by atoms with E-state index in [1.807, 2.05) is 0 Å². The highest BCUT2D eigenvalue weighted by Gasteiger charge is 2.29. The van der Waals surface area contributed by atoms with Crippen LogP contribution in [0.15, 0.2) is 67.1 Å². The van der Waals surface area contributed by atoms with Crippen molar-refractivity contribution >= 4 is 28.4 Å². The highest BCUT2D eigenvalue weighted by atomic mass is 19.4. The molecule has 0 atom stereocenters. The molecule has 0 aliphatic heterocycles. The van der Waals surface area contributed by atoms with E-state index in [9.17, 15) is 18.0 Å². The molecule has 0 saturated heterocycles. The van der Waals surface area contributed by atoms with Gasteiger partial charge in [-0.15, -0.1) is 0 Å². The number of aromatic nitrogens is 3. The molecule has 152 valence electrons. The summed E-state index contributed by atoms with van der Waals surface area (Å²) in [5.41, 5.74) is 0.573. The highest BCUT2D eigenvalue weighted by Crippen LogP contribution is 2.30. The number of hydrogen-bond donors (Lipinski definition) is 3. The number of nitrogens with one attached hydrogen (secondary N) is 3. The van der Waals surface area contributed by atoms with Crippen LogP contribution in [0.4, 0.5) is 29.3 Å². The number of H-pyrrole nitrogens is 1. The van der Waals surface area contributed by atoms with E-state index in [4.69, 9.17) is 4.74 Å². The zero-order valence-corrected chi connectivity index (χ0v) is 15.2. The van der Waals surface area contributed by atoms with Crippen LogP contribution in [0.3, 0.4) is 0 Å². The van der Waals surface area contributed by atoms with Gasteiger partial charge in [0.2, 0.25) is 5.88 Å². The molecule has 0 fully saturated rings. The number of anilines is 2. The summed E-state index contributed by atoms with van der Waals surface area (Å²) in [5.74, 6) is 0.895. The number of benzene rings is 2. The highest BCUT2D eigenvalue weighted by molar-refractivity contribution is 5.99. The van der Waals surface area contributed by atoms with Crippen LogP contribution in [0.2, 0.25) is 0 Å². The van der Waals surface area contributed by atoms with E-state index in [0.717, 1.165) is 17.5 Å². The molecule has 3 N–H and O–H groups in total. The van der Waals surface area contributed by atoms with Crippen molar-refractivity contribution in [3.05, 3.63) is 72.7 Å². The largest absolute Gasteiger partial charge is 0.438 e. The Morgan fingerprint density at radius 2 is 1.53 bits per heavy atom. The van der Waals surface area contributed by atoms with Crippen molar-refractivity contribution in [3.8, 4) is 11.6 Å². The molecule has 2 heterocycles. The minimum atomic E-state index is -4.43. The second kappa shape index (κ2) is 7.74. The standard InChI is InChI=1S/C20H14F3N5O2/c21-20(22,23)12-1-3-13(4-2-12)27-19(29)28-14-5-7-15(8-6-14)30-18-16-9-10-24-17(16)25-11-26-18/h1-11H,(H,24,25,26)(H2,27,28,29). The minimum absolute atomic E-state index is 0.236. The molecule has 0 bridgehead atoms. The zero-order chi connectivity index (χ0) is 21.1. The molecule has 2 aromatic carbocycles. The number of ether oxygens (including phenoxy) is 1. The van der Waals surface area contributed by atoms with Crippen LogP contribution in [0.5, 0.6) is 11.6 Å². The molecule has 30 heavy (non-hydrogen) atoms. The van der Waals surface area contributed by atoms with E-state index in [1.54, 1.807) is 36.5 Å². The van der Waals surface area contributed by atoms with Crippen LogP contribution >= 0.6 is 0 Å². The first kappa shape index (κ1) is 19.2. The van der Waals surface area contributed by atoms with Crippen molar-refractivity contribution in [2.24, 2.45) is 0 Å². The number of rotatable bonds is 4. The molecule has 7 nitrogen and oxygen atoms in total. The second-order valence-electron chi connectivity index (χ2n) is 6.20. The van der Waals surface area contributed by atoms with Gasteiger partial charge in [0, 0.05) is 17.6 Å². The fraction of sp³-hybridized carbons (Fsp3) is 0.0500. The number of halogens is 3. The number of hydrogen-bond acceptors (Lipinski definition) is 4. The van der Waals surface area contributed by atoms with E-state index < -0.39 is 17.8 Å². The zero-order valence-electron chi connectivity index (χ0n) is 15.2. The molecule has 0 radical (unpaired) electrons. The maximum Gasteiger partial charge on any atom is 0.416 e. The molecule has 0 aliphatic rings. The molecule has 0 saturated carbocycles. The first-order chi connectivity index (χ1) is 14.4. The predicted octanol–water partition coefficient (Wildman–Crippen LogP) is 5.41. The Balaban J connectivity index is 1.37. The number of amides is 2. The molecule has 0 unspecified atom stereocenters. The maximum atomic E-state index is 12.6. The van der Waals surface area contributed by atoms with E-state index in [-0.39, 0.29) is 5.69 Å². The molecule has 4 rings (SSSR count). The van der Waals surface area contributed by atoms with E-state index in [2.05, 4.69) is 25.6 Å². The number of aromatic amines is 1. The summed E-state index contributed by atoms with van der Waals surface area (Å²) < 4.78 is 43.5. The summed E-state index contributed by atoms with van der Waals surface area (Å²) in [6.07, 6.45) is -1.31. The fourth-order valence-electron chi connectivity index (χ4n) is 2.68. The van der Waals surface area contributed by atoms with Gasteiger partial charge in [0.1, 0.15) is 17.7 Å². The van der Waals surface area contributed by atoms with Crippen LogP contribution in [0.25, 0.3) is 11.0 Å². The van der Waals surface area contributed by atoms with Gasteiger partial charge < -0.3 is 20.4 Å². The third-order valence-electron chi connectivity index (χ3n) is 4.11. The molecule has 2 amide bonds. The number of fused-ring (bicyclic) bond motifs is 1. The number of carbonyl (C=O) groups excluding carboxylic acids is 1. The molecule has 2 aromatic heterocycles. The second-order valence-corrected chi connectivity index (χ2v) is 6.20. The molecular formula is C20H14F3N5O2. The lowest BCUT2D eigenvalue weighted by Gasteiger charge is -2.10. The Labute approximate surface area is 167 Å². The molecule has 0 spiro atoms. The Bertz CT molecular complexity index is 1170. The van der Waals surface area contributed by atoms with Crippen molar-refractivity contribution in [1.29, 1.82) is 0 Å². The van der Waals surface area contributed by atoms with Crippen LogP contribution in [-0.2, 0) is 6.18 Å². The molecule has 0 aliphatic carbocycles. The average molecular weight is 413 g/mol. The number of urea groups is 1. The summed E-state index contributed by atoms with van der Waals surface area (Å²) in [5, 5.41) is 5.80. The topological polar surface area (TPSA) is 91.9 Å². The monoisotopic (exact) mass is 413 g/mol. The molecule has 10 heteroatoms. The summed E-state index contributed by atoms with van der Waals surface area (Å²) in [6.45, 7) is 0. The van der Waals surface area contributed by atoms with E-state index in [1.165, 1.54) is 18.5 Å². The lowest BCUT2D eigenvalue weighted by atomic mass is 10.2. The van der Waals surface area contributed by atoms with Gasteiger partial charge in [-0.05, 0) is 54.6 Å². The van der Waals surface area contributed by atoms with Gasteiger partial charge in [-0.3, -0.25) is 0 Å². The maximum absolute atomic E-state index is 12.6. The van der Waals surface area contributed by atoms with Crippen molar-refractivity contribution < 1.29 is 22.7 Å². The Morgan fingerprint density at radius 3 is 2.17 bits per heavy atom. The van der Waals surface area contributed by atoms with Gasteiger partial charge >= 0.3 is 12.2 Å². The van der Waals surface area contributed by atoms with Crippen molar-refractivity contribution in [3.63, 3.8) is 0 Å². The fourth-order valence-corrected chi connectivity index (χ4v) is 2.68. The lowest BCUT2D eigenvalue weighted by Crippen LogP contribution is -2.19. The lowest BCUT2D eigenvalue weighted by molar-refractivity contribution is -0.137. The van der Waals surface area contributed by atoms with Gasteiger partial charge in [0.15, 0.2) is 0 Å². The third-order valence-corrected chi connectivity index (χ3v) is 4.11. The number of nitrogens with zero attached hydrogens (tertiary/aromatic N) is 2. The van der Waals surface area contributed by atoms with Crippen LogP contribution < -0.4 is 15.4 Å². The van der Waals surface area contributed by atoms with E-state index in [0.29, 0.717) is 23.0 Å². The Kier molecular flexibility index (Phi) is 4.97. The first-order valence-electron chi connectivity index (χ1n) is 8.70. The van der Waals surface area contributed by atoms with Gasteiger partial charge in [-0.1, -0.05) is 0 Å². The van der Waals surface area contributed by atoms with Crippen molar-refractivity contribution in [2.45, 2.75) is 6.18 Å². The summed E-state index contributed by atoms with van der Waals surface area (Å²) in [4.78, 5) is 23.2. The average Bonchev–Trinajstić information content (AvgIpc) is 3.19. The minimum Gasteiger partial charge on any atom is -0.438 e. The summed E-state index contributed by atoms with van der Waals surface area (Å²) in [7, 11) is 0. The molecule has 4 aromatic rings.